The van der Waals surface area contributed by atoms with Gasteiger partial charge in [0.15, 0.2) is 0 Å². The molecule has 122 valence electrons. The number of halogens is 1. The average molecular weight is 308 g/mol. The number of nitrogens with zero attached hydrogens (tertiary/aromatic N) is 1. The first kappa shape index (κ1) is 16.7. The zero-order valence-electron chi connectivity index (χ0n) is 13.3. The van der Waals surface area contributed by atoms with E-state index in [-0.39, 0.29) is 23.8 Å². The van der Waals surface area contributed by atoms with Gasteiger partial charge < -0.3 is 15.3 Å². The molecule has 1 aliphatic heterocycles. The number of likely N-dealkylation sites (tertiary alicyclic amines) is 1. The van der Waals surface area contributed by atoms with E-state index in [9.17, 15) is 14.3 Å². The lowest BCUT2D eigenvalue weighted by Crippen LogP contribution is -2.51. The maximum atomic E-state index is 13.0. The standard InChI is InChI=1S/C17H25FN2O2/c1-12(2)16(10-13-5-7-14(18)8-6-13)19-17(22)20-9-3-4-15(21)11-20/h5-8,12,15-16,21H,3-4,9-11H2,1-2H3,(H,19,22). The molecular formula is C17H25FN2O2. The van der Waals surface area contributed by atoms with Crippen LogP contribution in [-0.4, -0.2) is 41.3 Å². The van der Waals surface area contributed by atoms with Crippen molar-refractivity contribution >= 4 is 6.03 Å². The Labute approximate surface area is 131 Å². The Morgan fingerprint density at radius 1 is 1.41 bits per heavy atom. The van der Waals surface area contributed by atoms with Crippen molar-refractivity contribution in [1.82, 2.24) is 10.2 Å². The Morgan fingerprint density at radius 2 is 2.09 bits per heavy atom. The van der Waals surface area contributed by atoms with Gasteiger partial charge >= 0.3 is 6.03 Å². The van der Waals surface area contributed by atoms with Crippen molar-refractivity contribution in [1.29, 1.82) is 0 Å². The van der Waals surface area contributed by atoms with Gasteiger partial charge in [-0.15, -0.1) is 0 Å². The lowest BCUT2D eigenvalue weighted by Gasteiger charge is -2.32. The summed E-state index contributed by atoms with van der Waals surface area (Å²) in [6.45, 7) is 5.19. The molecule has 5 heteroatoms. The minimum Gasteiger partial charge on any atom is -0.391 e. The van der Waals surface area contributed by atoms with Crippen LogP contribution < -0.4 is 5.32 Å². The number of rotatable bonds is 4. The highest BCUT2D eigenvalue weighted by molar-refractivity contribution is 5.74. The van der Waals surface area contributed by atoms with Crippen LogP contribution in [0, 0.1) is 11.7 Å². The monoisotopic (exact) mass is 308 g/mol. The van der Waals surface area contributed by atoms with Gasteiger partial charge in [-0.3, -0.25) is 0 Å². The van der Waals surface area contributed by atoms with E-state index >= 15 is 0 Å². The van der Waals surface area contributed by atoms with Gasteiger partial charge in [0.25, 0.3) is 0 Å². The summed E-state index contributed by atoms with van der Waals surface area (Å²) < 4.78 is 13.0. The number of hydrogen-bond acceptors (Lipinski definition) is 2. The maximum absolute atomic E-state index is 13.0. The fourth-order valence-corrected chi connectivity index (χ4v) is 2.72. The Hall–Kier alpha value is -1.62. The second kappa shape index (κ2) is 7.58. The van der Waals surface area contributed by atoms with Crippen LogP contribution in [0.2, 0.25) is 0 Å². The minimum atomic E-state index is -0.422. The molecule has 1 aromatic rings. The fraction of sp³-hybridized carbons (Fsp3) is 0.588. The number of hydrogen-bond donors (Lipinski definition) is 2. The molecule has 0 spiro atoms. The van der Waals surface area contributed by atoms with E-state index in [1.165, 1.54) is 12.1 Å². The summed E-state index contributed by atoms with van der Waals surface area (Å²) in [6, 6.07) is 6.24. The molecule has 2 rings (SSSR count). The molecule has 1 saturated heterocycles. The van der Waals surface area contributed by atoms with Crippen LogP contribution >= 0.6 is 0 Å². The molecule has 1 fully saturated rings. The first-order valence-electron chi connectivity index (χ1n) is 7.93. The summed E-state index contributed by atoms with van der Waals surface area (Å²) in [5, 5.41) is 12.7. The summed E-state index contributed by atoms with van der Waals surface area (Å²) in [5.41, 5.74) is 0.999. The molecule has 0 bridgehead atoms. The predicted octanol–water partition coefficient (Wildman–Crippen LogP) is 2.56. The lowest BCUT2D eigenvalue weighted by atomic mass is 9.96. The first-order valence-corrected chi connectivity index (χ1v) is 7.93. The smallest absolute Gasteiger partial charge is 0.317 e. The first-order chi connectivity index (χ1) is 10.5. The number of piperidine rings is 1. The van der Waals surface area contributed by atoms with Gasteiger partial charge in [0, 0.05) is 19.1 Å². The van der Waals surface area contributed by atoms with Crippen molar-refractivity contribution < 1.29 is 14.3 Å². The van der Waals surface area contributed by atoms with Crippen LogP contribution in [0.4, 0.5) is 9.18 Å². The Balaban J connectivity index is 1.96. The maximum Gasteiger partial charge on any atom is 0.317 e. The van der Waals surface area contributed by atoms with Crippen molar-refractivity contribution in [3.8, 4) is 0 Å². The molecule has 22 heavy (non-hydrogen) atoms. The Morgan fingerprint density at radius 3 is 2.68 bits per heavy atom. The predicted molar refractivity (Wildman–Crippen MR) is 84.1 cm³/mol. The zero-order valence-corrected chi connectivity index (χ0v) is 13.3. The van der Waals surface area contributed by atoms with Gasteiger partial charge in [0.05, 0.1) is 6.10 Å². The van der Waals surface area contributed by atoms with E-state index < -0.39 is 6.10 Å². The minimum absolute atomic E-state index is 0.0166. The molecule has 2 N–H and O–H groups in total. The quantitative estimate of drug-likeness (QED) is 0.898. The van der Waals surface area contributed by atoms with E-state index in [2.05, 4.69) is 19.2 Å². The van der Waals surface area contributed by atoms with Crippen LogP contribution in [-0.2, 0) is 6.42 Å². The highest BCUT2D eigenvalue weighted by atomic mass is 19.1. The van der Waals surface area contributed by atoms with Crippen molar-refractivity contribution in [2.75, 3.05) is 13.1 Å². The van der Waals surface area contributed by atoms with Crippen LogP contribution in [0.1, 0.15) is 32.3 Å². The summed E-state index contributed by atoms with van der Waals surface area (Å²) in [7, 11) is 0. The average Bonchev–Trinajstić information content (AvgIpc) is 2.48. The summed E-state index contributed by atoms with van der Waals surface area (Å²) in [4.78, 5) is 14.0. The Bertz CT molecular complexity index is 490. The third-order valence-electron chi connectivity index (χ3n) is 4.17. The number of carbonyl (C=O) groups excluding carboxylic acids is 1. The van der Waals surface area contributed by atoms with Crippen molar-refractivity contribution in [3.05, 3.63) is 35.6 Å². The lowest BCUT2D eigenvalue weighted by molar-refractivity contribution is 0.0826. The van der Waals surface area contributed by atoms with Gasteiger partial charge in [-0.05, 0) is 42.9 Å². The van der Waals surface area contributed by atoms with Crippen LogP contribution in [0.5, 0.6) is 0 Å². The van der Waals surface area contributed by atoms with Crippen LogP contribution in [0.15, 0.2) is 24.3 Å². The summed E-state index contributed by atoms with van der Waals surface area (Å²) in [5.74, 6) is 0.0138. The second-order valence-electron chi connectivity index (χ2n) is 6.37. The van der Waals surface area contributed by atoms with E-state index in [4.69, 9.17) is 0 Å². The number of aliphatic hydroxyl groups excluding tert-OH is 1. The summed E-state index contributed by atoms with van der Waals surface area (Å²) >= 11 is 0. The van der Waals surface area contributed by atoms with Gasteiger partial charge in [-0.1, -0.05) is 26.0 Å². The molecule has 0 radical (unpaired) electrons. The number of carbonyl (C=O) groups is 1. The molecule has 2 atom stereocenters. The highest BCUT2D eigenvalue weighted by Crippen LogP contribution is 2.14. The highest BCUT2D eigenvalue weighted by Gasteiger charge is 2.25. The molecule has 4 nitrogen and oxygen atoms in total. The van der Waals surface area contributed by atoms with E-state index in [0.29, 0.717) is 19.5 Å². The van der Waals surface area contributed by atoms with Crippen LogP contribution in [0.25, 0.3) is 0 Å². The third kappa shape index (κ3) is 4.70. The molecular weight excluding hydrogens is 283 g/mol. The molecule has 0 saturated carbocycles. The second-order valence-corrected chi connectivity index (χ2v) is 6.37. The topological polar surface area (TPSA) is 52.6 Å². The molecule has 2 unspecified atom stereocenters. The zero-order chi connectivity index (χ0) is 16.1. The SMILES string of the molecule is CC(C)C(Cc1ccc(F)cc1)NC(=O)N1CCCC(O)C1. The number of nitrogens with one attached hydrogen (secondary N) is 1. The molecule has 1 heterocycles. The van der Waals surface area contributed by atoms with Gasteiger partial charge in [-0.2, -0.15) is 0 Å². The molecule has 2 amide bonds. The molecule has 1 aromatic carbocycles. The van der Waals surface area contributed by atoms with E-state index in [1.807, 2.05) is 0 Å². The molecule has 1 aliphatic rings. The van der Waals surface area contributed by atoms with E-state index in [0.717, 1.165) is 18.4 Å². The molecule has 0 aliphatic carbocycles. The van der Waals surface area contributed by atoms with Gasteiger partial charge in [-0.25, -0.2) is 9.18 Å². The van der Waals surface area contributed by atoms with Gasteiger partial charge in [0.1, 0.15) is 5.82 Å². The third-order valence-corrected chi connectivity index (χ3v) is 4.17. The number of benzene rings is 1. The number of β-amino-alcohol motifs (C(OH)–C–C–N with tert-alkyl or cyclic N) is 1. The van der Waals surface area contributed by atoms with Gasteiger partial charge in [0.2, 0.25) is 0 Å². The Kier molecular flexibility index (Phi) is 5.77. The fourth-order valence-electron chi connectivity index (χ4n) is 2.72. The van der Waals surface area contributed by atoms with Crippen molar-refractivity contribution in [2.24, 2.45) is 5.92 Å². The summed E-state index contributed by atoms with van der Waals surface area (Å²) in [6.07, 6.45) is 1.83. The molecule has 0 aromatic heterocycles. The number of aliphatic hydroxyl groups is 1. The van der Waals surface area contributed by atoms with Crippen molar-refractivity contribution in [2.45, 2.75) is 45.3 Å². The largest absolute Gasteiger partial charge is 0.391 e. The van der Waals surface area contributed by atoms with E-state index in [1.54, 1.807) is 17.0 Å². The number of amides is 2. The normalized spacial score (nSPS) is 20.0. The van der Waals surface area contributed by atoms with Crippen LogP contribution in [0.3, 0.4) is 0 Å². The van der Waals surface area contributed by atoms with Crippen molar-refractivity contribution in [3.63, 3.8) is 0 Å². The number of urea groups is 1.